The topological polar surface area (TPSA) is 40.6 Å². The number of hydrogen-bond donors (Lipinski definition) is 0. The van der Waals surface area contributed by atoms with Crippen LogP contribution in [-0.4, -0.2) is 43.8 Å². The van der Waals surface area contributed by atoms with E-state index in [1.165, 1.54) is 28.6 Å². The van der Waals surface area contributed by atoms with Crippen LogP contribution >= 0.6 is 0 Å². The summed E-state index contributed by atoms with van der Waals surface area (Å²) < 4.78 is 54.7. The van der Waals surface area contributed by atoms with Crippen LogP contribution in [0.15, 0.2) is 77.7 Å². The van der Waals surface area contributed by atoms with Crippen molar-refractivity contribution < 1.29 is 17.2 Å². The molecule has 1 heterocycles. The minimum absolute atomic E-state index is 0.218. The molecule has 0 saturated carbocycles. The van der Waals surface area contributed by atoms with Crippen molar-refractivity contribution in [3.63, 3.8) is 0 Å². The van der Waals surface area contributed by atoms with Gasteiger partial charge in [-0.3, -0.25) is 4.90 Å². The minimum atomic E-state index is -3.57. The fourth-order valence-corrected chi connectivity index (χ4v) is 5.57. The molecule has 0 amide bonds. The maximum atomic E-state index is 13.5. The van der Waals surface area contributed by atoms with Crippen molar-refractivity contribution in [3.05, 3.63) is 101 Å². The second-order valence-electron chi connectivity index (χ2n) is 7.94. The lowest BCUT2D eigenvalue weighted by molar-refractivity contribution is 0.155. The Labute approximate surface area is 188 Å². The van der Waals surface area contributed by atoms with Gasteiger partial charge in [-0.25, -0.2) is 17.2 Å². The van der Waals surface area contributed by atoms with E-state index < -0.39 is 10.0 Å². The standard InChI is InChI=1S/C25H26F2N2O2S/c1-2-19-3-13-24(14-4-19)32(30,31)29-17-15-28(16-18-29)25(20-5-9-22(26)10-6-20)21-7-11-23(27)12-8-21/h3-14,25H,2,15-18H2,1H3. The lowest BCUT2D eigenvalue weighted by Gasteiger charge is -2.39. The summed E-state index contributed by atoms with van der Waals surface area (Å²) in [4.78, 5) is 2.46. The van der Waals surface area contributed by atoms with Crippen LogP contribution < -0.4 is 0 Å². The molecular weight excluding hydrogens is 430 g/mol. The van der Waals surface area contributed by atoms with E-state index in [0.717, 1.165) is 23.1 Å². The zero-order chi connectivity index (χ0) is 22.7. The monoisotopic (exact) mass is 456 g/mol. The molecule has 3 aromatic rings. The van der Waals surface area contributed by atoms with Crippen molar-refractivity contribution in [1.82, 2.24) is 9.21 Å². The molecule has 4 rings (SSSR count). The molecule has 7 heteroatoms. The Bertz CT molecular complexity index is 1090. The van der Waals surface area contributed by atoms with Crippen molar-refractivity contribution in [2.24, 2.45) is 0 Å². The van der Waals surface area contributed by atoms with Crippen molar-refractivity contribution in [2.75, 3.05) is 26.2 Å². The van der Waals surface area contributed by atoms with Crippen LogP contribution in [0.2, 0.25) is 0 Å². The molecule has 1 fully saturated rings. The molecule has 32 heavy (non-hydrogen) atoms. The third-order valence-electron chi connectivity index (χ3n) is 5.98. The predicted molar refractivity (Wildman–Crippen MR) is 121 cm³/mol. The Balaban J connectivity index is 1.55. The number of nitrogens with zero attached hydrogens (tertiary/aromatic N) is 2. The average Bonchev–Trinajstić information content (AvgIpc) is 2.82. The minimum Gasteiger partial charge on any atom is -0.290 e. The summed E-state index contributed by atoms with van der Waals surface area (Å²) in [5.41, 5.74) is 2.85. The van der Waals surface area contributed by atoms with Crippen LogP contribution in [0.1, 0.15) is 29.7 Å². The number of piperazine rings is 1. The van der Waals surface area contributed by atoms with Crippen molar-refractivity contribution in [3.8, 4) is 0 Å². The van der Waals surface area contributed by atoms with Crippen LogP contribution in [0.25, 0.3) is 0 Å². The molecule has 0 aliphatic carbocycles. The third-order valence-corrected chi connectivity index (χ3v) is 7.89. The first-order valence-corrected chi connectivity index (χ1v) is 12.2. The Hall–Kier alpha value is -2.61. The van der Waals surface area contributed by atoms with Gasteiger partial charge >= 0.3 is 0 Å². The van der Waals surface area contributed by atoms with E-state index in [0.29, 0.717) is 31.1 Å². The van der Waals surface area contributed by atoms with Crippen LogP contribution in [0.3, 0.4) is 0 Å². The van der Waals surface area contributed by atoms with E-state index in [9.17, 15) is 17.2 Å². The molecular formula is C25H26F2N2O2S. The van der Waals surface area contributed by atoms with Crippen molar-refractivity contribution >= 4 is 10.0 Å². The molecule has 0 radical (unpaired) electrons. The molecule has 0 spiro atoms. The summed E-state index contributed by atoms with van der Waals surface area (Å²) >= 11 is 0. The predicted octanol–water partition coefficient (Wildman–Crippen LogP) is 4.62. The summed E-state index contributed by atoms with van der Waals surface area (Å²) in [7, 11) is -3.57. The fraction of sp³-hybridized carbons (Fsp3) is 0.280. The third kappa shape index (κ3) is 4.75. The van der Waals surface area contributed by atoms with Crippen LogP contribution in [0.4, 0.5) is 8.78 Å². The number of benzene rings is 3. The van der Waals surface area contributed by atoms with E-state index in [-0.39, 0.29) is 17.7 Å². The smallest absolute Gasteiger partial charge is 0.243 e. The lowest BCUT2D eigenvalue weighted by atomic mass is 9.96. The van der Waals surface area contributed by atoms with Gasteiger partial charge in [0, 0.05) is 26.2 Å². The van der Waals surface area contributed by atoms with E-state index >= 15 is 0 Å². The summed E-state index contributed by atoms with van der Waals surface area (Å²) in [5.74, 6) is -0.645. The van der Waals surface area contributed by atoms with E-state index in [1.807, 2.05) is 19.1 Å². The average molecular weight is 457 g/mol. The van der Waals surface area contributed by atoms with Crippen molar-refractivity contribution in [2.45, 2.75) is 24.3 Å². The zero-order valence-electron chi connectivity index (χ0n) is 17.9. The van der Waals surface area contributed by atoms with Gasteiger partial charge in [0.15, 0.2) is 0 Å². The number of rotatable bonds is 6. The molecule has 0 N–H and O–H groups in total. The van der Waals surface area contributed by atoms with Gasteiger partial charge < -0.3 is 0 Å². The van der Waals surface area contributed by atoms with E-state index in [1.54, 1.807) is 36.4 Å². The SMILES string of the molecule is CCc1ccc(S(=O)(=O)N2CCN(C(c3ccc(F)cc3)c3ccc(F)cc3)CC2)cc1. The second-order valence-corrected chi connectivity index (χ2v) is 9.88. The number of halogens is 2. The Morgan fingerprint density at radius 2 is 1.22 bits per heavy atom. The highest BCUT2D eigenvalue weighted by Crippen LogP contribution is 2.31. The highest BCUT2D eigenvalue weighted by molar-refractivity contribution is 7.89. The molecule has 0 aromatic heterocycles. The molecule has 3 aromatic carbocycles. The molecule has 1 aliphatic heterocycles. The molecule has 0 atom stereocenters. The first-order valence-electron chi connectivity index (χ1n) is 10.7. The van der Waals surface area contributed by atoms with Crippen molar-refractivity contribution in [1.29, 1.82) is 0 Å². The Morgan fingerprint density at radius 1 is 0.750 bits per heavy atom. The summed E-state index contributed by atoms with van der Waals surface area (Å²) in [5, 5.41) is 0. The second kappa shape index (κ2) is 9.48. The van der Waals surface area contributed by atoms with Gasteiger partial charge in [0.1, 0.15) is 11.6 Å². The van der Waals surface area contributed by atoms with Crippen LogP contribution in [0.5, 0.6) is 0 Å². The van der Waals surface area contributed by atoms with Gasteiger partial charge in [-0.1, -0.05) is 43.3 Å². The highest BCUT2D eigenvalue weighted by Gasteiger charge is 2.32. The van der Waals surface area contributed by atoms with Gasteiger partial charge in [0.05, 0.1) is 10.9 Å². The first-order chi connectivity index (χ1) is 15.4. The normalized spacial score (nSPS) is 15.9. The number of sulfonamides is 1. The fourth-order valence-electron chi connectivity index (χ4n) is 4.15. The molecule has 0 bridgehead atoms. The molecule has 168 valence electrons. The van der Waals surface area contributed by atoms with Gasteiger partial charge in [0.2, 0.25) is 10.0 Å². The molecule has 1 saturated heterocycles. The summed E-state index contributed by atoms with van der Waals surface area (Å²) in [6.07, 6.45) is 0.854. The lowest BCUT2D eigenvalue weighted by Crippen LogP contribution is -2.49. The van der Waals surface area contributed by atoms with Gasteiger partial charge in [-0.05, 0) is 59.5 Å². The largest absolute Gasteiger partial charge is 0.290 e. The first kappa shape index (κ1) is 22.6. The summed E-state index contributed by atoms with van der Waals surface area (Å²) in [6, 6.07) is 19.3. The number of aryl methyl sites for hydroxylation is 1. The Morgan fingerprint density at radius 3 is 1.66 bits per heavy atom. The number of hydrogen-bond acceptors (Lipinski definition) is 3. The van der Waals surface area contributed by atoms with Gasteiger partial charge in [-0.15, -0.1) is 0 Å². The summed E-state index contributed by atoms with van der Waals surface area (Å²) in [6.45, 7) is 3.73. The highest BCUT2D eigenvalue weighted by atomic mass is 32.2. The molecule has 4 nitrogen and oxygen atoms in total. The van der Waals surface area contributed by atoms with E-state index in [2.05, 4.69) is 4.90 Å². The molecule has 1 aliphatic rings. The van der Waals surface area contributed by atoms with Gasteiger partial charge in [-0.2, -0.15) is 4.31 Å². The zero-order valence-corrected chi connectivity index (χ0v) is 18.7. The Kier molecular flexibility index (Phi) is 6.69. The molecule has 0 unspecified atom stereocenters. The quantitative estimate of drug-likeness (QED) is 0.543. The van der Waals surface area contributed by atoms with E-state index in [4.69, 9.17) is 0 Å². The van der Waals surface area contributed by atoms with Crippen LogP contribution in [-0.2, 0) is 16.4 Å². The van der Waals surface area contributed by atoms with Crippen LogP contribution in [0, 0.1) is 11.6 Å². The van der Waals surface area contributed by atoms with Gasteiger partial charge in [0.25, 0.3) is 0 Å². The maximum absolute atomic E-state index is 13.5. The maximum Gasteiger partial charge on any atom is 0.243 e.